The lowest BCUT2D eigenvalue weighted by Gasteiger charge is -2.19. The number of benzene rings is 1. The van der Waals surface area contributed by atoms with Gasteiger partial charge in [0, 0.05) is 9.99 Å². The predicted molar refractivity (Wildman–Crippen MR) is 87.0 cm³/mol. The van der Waals surface area contributed by atoms with Crippen LogP contribution in [0.15, 0.2) is 24.3 Å². The maximum absolute atomic E-state index is 11.9. The van der Waals surface area contributed by atoms with E-state index in [2.05, 4.69) is 32.6 Å². The summed E-state index contributed by atoms with van der Waals surface area (Å²) in [4.78, 5) is 34.3. The number of nitrogens with one attached hydrogen (secondary N) is 1. The van der Waals surface area contributed by atoms with Crippen LogP contribution in [0.4, 0.5) is 0 Å². The van der Waals surface area contributed by atoms with Crippen LogP contribution < -0.4 is 11.1 Å². The predicted octanol–water partition coefficient (Wildman–Crippen LogP) is 0.294. The second-order valence-electron chi connectivity index (χ2n) is 4.58. The summed E-state index contributed by atoms with van der Waals surface area (Å²) < 4.78 is 5.62. The van der Waals surface area contributed by atoms with E-state index in [1.807, 2.05) is 24.3 Å². The molecule has 0 aliphatic carbocycles. The molecule has 2 atom stereocenters. The number of carboxylic acid groups (broad SMARTS) is 1. The van der Waals surface area contributed by atoms with Crippen molar-refractivity contribution in [2.45, 2.75) is 24.9 Å². The molecule has 7 nitrogen and oxygen atoms in total. The Morgan fingerprint density at radius 1 is 1.36 bits per heavy atom. The molecular weight excluding hydrogens is 403 g/mol. The number of hydrogen-bond acceptors (Lipinski definition) is 5. The van der Waals surface area contributed by atoms with E-state index in [0.29, 0.717) is 0 Å². The highest BCUT2D eigenvalue weighted by atomic mass is 127. The monoisotopic (exact) mass is 420 g/mol. The van der Waals surface area contributed by atoms with Crippen molar-refractivity contribution in [2.24, 2.45) is 5.73 Å². The molecule has 0 aliphatic heterocycles. The lowest BCUT2D eigenvalue weighted by Crippen LogP contribution is -2.50. The van der Waals surface area contributed by atoms with Crippen molar-refractivity contribution in [2.75, 3.05) is 7.11 Å². The Kier molecular flexibility index (Phi) is 7.25. The Hall–Kier alpha value is -1.68. The van der Waals surface area contributed by atoms with Crippen molar-refractivity contribution in [1.82, 2.24) is 5.32 Å². The summed E-state index contributed by atoms with van der Waals surface area (Å²) in [6.07, 6.45) is -0.278. The molecule has 0 radical (unpaired) electrons. The van der Waals surface area contributed by atoms with Crippen molar-refractivity contribution in [3.8, 4) is 0 Å². The molecule has 1 aromatic rings. The first-order chi connectivity index (χ1) is 10.3. The molecule has 0 saturated carbocycles. The summed E-state index contributed by atoms with van der Waals surface area (Å²) in [5.74, 6) is -2.51. The third kappa shape index (κ3) is 5.60. The van der Waals surface area contributed by atoms with Crippen molar-refractivity contribution in [1.29, 1.82) is 0 Å². The Bertz CT molecular complexity index is 564. The molecule has 0 saturated heterocycles. The van der Waals surface area contributed by atoms with E-state index in [1.54, 1.807) is 0 Å². The maximum Gasteiger partial charge on any atom is 0.328 e. The molecule has 0 aromatic heterocycles. The standard InChI is InChI=1S/C14H17IN2O5/c1-22-14(21)11(6-8-4-2-3-5-9(8)15)17-13(20)10(16)7-12(18)19/h2-5,10-11H,6-7,16H2,1H3,(H,17,20)(H,18,19)/t10-,11-/m0/s1. The molecule has 0 spiro atoms. The lowest BCUT2D eigenvalue weighted by atomic mass is 10.1. The zero-order chi connectivity index (χ0) is 16.7. The van der Waals surface area contributed by atoms with E-state index in [1.165, 1.54) is 7.11 Å². The van der Waals surface area contributed by atoms with Gasteiger partial charge >= 0.3 is 11.9 Å². The first-order valence-electron chi connectivity index (χ1n) is 6.44. The number of esters is 1. The van der Waals surface area contributed by atoms with Gasteiger partial charge in [0.15, 0.2) is 0 Å². The Balaban J connectivity index is 2.81. The molecule has 0 bridgehead atoms. The number of amides is 1. The number of halogens is 1. The third-order valence-corrected chi connectivity index (χ3v) is 3.97. The molecule has 1 amide bonds. The van der Waals surface area contributed by atoms with E-state index in [4.69, 9.17) is 10.8 Å². The number of carboxylic acids is 1. The number of methoxy groups -OCH3 is 1. The third-order valence-electron chi connectivity index (χ3n) is 2.92. The summed E-state index contributed by atoms with van der Waals surface area (Å²) in [6, 6.07) is 5.25. The highest BCUT2D eigenvalue weighted by Gasteiger charge is 2.26. The van der Waals surface area contributed by atoms with Gasteiger partial charge in [-0.05, 0) is 34.2 Å². The quantitative estimate of drug-likeness (QED) is 0.431. The average molecular weight is 420 g/mol. The number of carbonyl (C=O) groups is 3. The molecule has 4 N–H and O–H groups in total. The molecule has 120 valence electrons. The van der Waals surface area contributed by atoms with Crippen molar-refractivity contribution in [3.63, 3.8) is 0 Å². The van der Waals surface area contributed by atoms with Crippen LogP contribution in [0.3, 0.4) is 0 Å². The fraction of sp³-hybridized carbons (Fsp3) is 0.357. The van der Waals surface area contributed by atoms with Crippen molar-refractivity contribution >= 4 is 40.4 Å². The molecule has 0 heterocycles. The van der Waals surface area contributed by atoms with E-state index in [0.717, 1.165) is 9.13 Å². The molecule has 8 heteroatoms. The van der Waals surface area contributed by atoms with Crippen LogP contribution in [-0.4, -0.2) is 42.1 Å². The first kappa shape index (κ1) is 18.4. The number of nitrogens with two attached hydrogens (primary N) is 1. The van der Waals surface area contributed by atoms with Gasteiger partial charge in [0.2, 0.25) is 5.91 Å². The summed E-state index contributed by atoms with van der Waals surface area (Å²) in [6.45, 7) is 0. The van der Waals surface area contributed by atoms with Crippen molar-refractivity contribution < 1.29 is 24.2 Å². The summed E-state index contributed by atoms with van der Waals surface area (Å²) in [5.41, 5.74) is 6.35. The molecule has 1 aromatic carbocycles. The SMILES string of the molecule is COC(=O)[C@H](Cc1ccccc1I)NC(=O)[C@@H](N)CC(=O)O. The van der Waals surface area contributed by atoms with Gasteiger partial charge in [0.05, 0.1) is 19.6 Å². The van der Waals surface area contributed by atoms with Gasteiger partial charge in [-0.3, -0.25) is 9.59 Å². The number of hydrogen-bond donors (Lipinski definition) is 3. The number of rotatable bonds is 7. The van der Waals surface area contributed by atoms with Crippen molar-refractivity contribution in [3.05, 3.63) is 33.4 Å². The zero-order valence-electron chi connectivity index (χ0n) is 11.9. The van der Waals surface area contributed by atoms with Crippen LogP contribution in [0.25, 0.3) is 0 Å². The van der Waals surface area contributed by atoms with Gasteiger partial charge in [0.25, 0.3) is 0 Å². The Morgan fingerprint density at radius 2 is 2.00 bits per heavy atom. The van der Waals surface area contributed by atoms with E-state index in [9.17, 15) is 14.4 Å². The van der Waals surface area contributed by atoms with Gasteiger partial charge in [-0.15, -0.1) is 0 Å². The molecule has 1 rings (SSSR count). The molecule has 0 aliphatic rings. The van der Waals surface area contributed by atoms with Crippen LogP contribution in [0, 0.1) is 3.57 Å². The number of aliphatic carboxylic acids is 1. The second kappa shape index (κ2) is 8.69. The van der Waals surface area contributed by atoms with Crippen LogP contribution in [0.2, 0.25) is 0 Å². The summed E-state index contributed by atoms with van der Waals surface area (Å²) in [7, 11) is 1.22. The van der Waals surface area contributed by atoms with Gasteiger partial charge in [-0.2, -0.15) is 0 Å². The fourth-order valence-corrected chi connectivity index (χ4v) is 2.39. The minimum Gasteiger partial charge on any atom is -0.481 e. The maximum atomic E-state index is 11.9. The van der Waals surface area contributed by atoms with E-state index in [-0.39, 0.29) is 6.42 Å². The first-order valence-corrected chi connectivity index (χ1v) is 7.52. The summed E-state index contributed by atoms with van der Waals surface area (Å²) >= 11 is 2.13. The fourth-order valence-electron chi connectivity index (χ4n) is 1.78. The normalized spacial score (nSPS) is 13.0. The van der Waals surface area contributed by atoms with Crippen LogP contribution in [-0.2, 0) is 25.5 Å². The number of carbonyl (C=O) groups excluding carboxylic acids is 2. The highest BCUT2D eigenvalue weighted by Crippen LogP contribution is 2.14. The average Bonchev–Trinajstić information content (AvgIpc) is 2.47. The van der Waals surface area contributed by atoms with Gasteiger partial charge in [-0.1, -0.05) is 18.2 Å². The second-order valence-corrected chi connectivity index (χ2v) is 5.75. The number of ether oxygens (including phenoxy) is 1. The van der Waals surface area contributed by atoms with Gasteiger partial charge < -0.3 is 20.9 Å². The smallest absolute Gasteiger partial charge is 0.328 e. The van der Waals surface area contributed by atoms with Gasteiger partial charge in [0.1, 0.15) is 6.04 Å². The minimum absolute atomic E-state index is 0.233. The van der Waals surface area contributed by atoms with E-state index >= 15 is 0 Å². The van der Waals surface area contributed by atoms with E-state index < -0.39 is 36.4 Å². The summed E-state index contributed by atoms with van der Waals surface area (Å²) in [5, 5.41) is 11.1. The van der Waals surface area contributed by atoms with Crippen LogP contribution >= 0.6 is 22.6 Å². The Morgan fingerprint density at radius 3 is 2.55 bits per heavy atom. The van der Waals surface area contributed by atoms with Crippen LogP contribution in [0.5, 0.6) is 0 Å². The molecular formula is C14H17IN2O5. The highest BCUT2D eigenvalue weighted by molar-refractivity contribution is 14.1. The zero-order valence-corrected chi connectivity index (χ0v) is 14.1. The van der Waals surface area contributed by atoms with Gasteiger partial charge in [-0.25, -0.2) is 4.79 Å². The molecule has 22 heavy (non-hydrogen) atoms. The minimum atomic E-state index is -1.22. The molecule has 0 fully saturated rings. The largest absolute Gasteiger partial charge is 0.481 e. The topological polar surface area (TPSA) is 119 Å². The lowest BCUT2D eigenvalue weighted by molar-refractivity contribution is -0.145. The van der Waals surface area contributed by atoms with Crippen LogP contribution in [0.1, 0.15) is 12.0 Å². The molecule has 0 unspecified atom stereocenters. The Labute approximate surface area is 141 Å².